The van der Waals surface area contributed by atoms with Gasteiger partial charge in [0.2, 0.25) is 5.88 Å². The van der Waals surface area contributed by atoms with E-state index in [-0.39, 0.29) is 60.3 Å². The number of aliphatic hydroxyl groups is 1. The molecule has 2 atom stereocenters. The summed E-state index contributed by atoms with van der Waals surface area (Å²) < 4.78 is 38.9. The first-order chi connectivity index (χ1) is 42.2. The van der Waals surface area contributed by atoms with Crippen molar-refractivity contribution in [2.45, 2.75) is 169 Å². The maximum Gasteiger partial charge on any atom is 0.332 e. The third-order valence-electron chi connectivity index (χ3n) is 16.0. The molecule has 6 aromatic heterocycles. The zero-order chi connectivity index (χ0) is 61.1. The number of imidazole rings is 2. The molecule has 2 aliphatic carbocycles. The van der Waals surface area contributed by atoms with Crippen molar-refractivity contribution in [2.75, 3.05) is 39.6 Å². The molecule has 2 aromatic carbocycles. The van der Waals surface area contributed by atoms with Gasteiger partial charge in [-0.05, 0) is 166 Å². The Kier molecular flexibility index (Phi) is 21.2. The largest absolute Gasteiger partial charge is 0.477 e. The van der Waals surface area contributed by atoms with Gasteiger partial charge in [0, 0.05) is 69.5 Å². The number of aromatic nitrogens is 10. The lowest BCUT2D eigenvalue weighted by Gasteiger charge is -2.22. The molecule has 87 heavy (non-hydrogen) atoms. The molecular formula is C66H83ClN10O10. The lowest BCUT2D eigenvalue weighted by molar-refractivity contribution is -0.163. The van der Waals surface area contributed by atoms with Gasteiger partial charge >= 0.3 is 11.4 Å². The highest BCUT2D eigenvalue weighted by molar-refractivity contribution is 6.32. The Bertz CT molecular complexity index is 3850. The van der Waals surface area contributed by atoms with Crippen LogP contribution in [-0.2, 0) is 45.1 Å². The summed E-state index contributed by atoms with van der Waals surface area (Å²) in [6.07, 6.45) is 11.4. The number of nitrogens with zero attached hydrogens (tertiary/aromatic N) is 10. The van der Waals surface area contributed by atoms with Gasteiger partial charge in [0.25, 0.3) is 11.1 Å². The van der Waals surface area contributed by atoms with Gasteiger partial charge in [-0.3, -0.25) is 27.9 Å². The first-order valence-corrected chi connectivity index (χ1v) is 31.5. The van der Waals surface area contributed by atoms with Crippen LogP contribution in [0.2, 0.25) is 5.15 Å². The zero-order valence-electron chi connectivity index (χ0n) is 51.1. The van der Waals surface area contributed by atoms with Crippen LogP contribution in [0, 0.1) is 25.7 Å². The van der Waals surface area contributed by atoms with E-state index >= 15 is 0 Å². The second-order valence-corrected chi connectivity index (χ2v) is 24.1. The normalized spacial score (nSPS) is 16.9. The molecule has 0 radical (unpaired) electrons. The quantitative estimate of drug-likeness (QED) is 0.0494. The summed E-state index contributed by atoms with van der Waals surface area (Å²) in [7, 11) is 0. The molecule has 1 N–H and O–H groups in total. The Balaban J connectivity index is 0.000000179. The van der Waals surface area contributed by atoms with Gasteiger partial charge in [0.15, 0.2) is 34.9 Å². The standard InChI is InChI=1S/C33H41N5O5.C29H34ClN5O4.C4H8O/c1-22(2)38-30-28(32(39)36(33(38)40)17-9-19-42-27-12-7-8-18-41-27)37(20-24-10-5-4-6-11-24)29(35-30)26-16-13-23(3)34-31(26)43-21-25-14-15-25;1-19(2)35-27-24(28(36)33(29(35)37)15-9-17-39-23-12-7-8-16-38-23)34(18-21-10-5-4-6-11-21)26(32-27)22-14-13-20(3)31-25(22)30;5-3-4-1-2-4/h4-6,10-11,13,16,22,25,27H,7-9,12,14-15,17-21H2,1-3H3;4-6,10-11,13-14,19,23H,7-9,12,15-18H2,1-3H3;4-5H,1-3H2. The Morgan fingerprint density at radius 3 is 1.44 bits per heavy atom. The van der Waals surface area contributed by atoms with Crippen molar-refractivity contribution in [3.05, 3.63) is 154 Å². The van der Waals surface area contributed by atoms with Crippen molar-refractivity contribution < 1.29 is 28.8 Å². The lowest BCUT2D eigenvalue weighted by atomic mass is 10.2. The van der Waals surface area contributed by atoms with Crippen LogP contribution in [-0.4, -0.2) is 105 Å². The summed E-state index contributed by atoms with van der Waals surface area (Å²) in [5.41, 5.74) is 4.86. The molecule has 2 unspecified atom stereocenters. The molecule has 2 saturated carbocycles. The minimum absolute atomic E-state index is 0.213. The molecule has 0 bridgehead atoms. The molecule has 20 nitrogen and oxygen atoms in total. The van der Waals surface area contributed by atoms with Crippen molar-refractivity contribution in [2.24, 2.45) is 11.8 Å². The van der Waals surface area contributed by atoms with Crippen LogP contribution in [0.25, 0.3) is 45.1 Å². The molecule has 4 aliphatic rings. The van der Waals surface area contributed by atoms with Crippen LogP contribution in [0.4, 0.5) is 0 Å². The fraction of sp³-hybridized carbons (Fsp3) is 0.515. The first kappa shape index (κ1) is 63.0. The van der Waals surface area contributed by atoms with E-state index < -0.39 is 0 Å². The van der Waals surface area contributed by atoms with Crippen molar-refractivity contribution in [1.82, 2.24) is 47.3 Å². The highest BCUT2D eigenvalue weighted by Gasteiger charge is 2.29. The van der Waals surface area contributed by atoms with Crippen LogP contribution in [0.3, 0.4) is 0 Å². The summed E-state index contributed by atoms with van der Waals surface area (Å²) in [6.45, 7) is 16.0. The van der Waals surface area contributed by atoms with E-state index in [9.17, 15) is 19.2 Å². The van der Waals surface area contributed by atoms with Crippen molar-refractivity contribution in [1.29, 1.82) is 0 Å². The van der Waals surface area contributed by atoms with E-state index in [4.69, 9.17) is 55.3 Å². The van der Waals surface area contributed by atoms with E-state index in [0.29, 0.717) is 134 Å². The topological polar surface area (TPSA) is 216 Å². The molecule has 21 heteroatoms. The first-order valence-electron chi connectivity index (χ1n) is 31.1. The van der Waals surface area contributed by atoms with Crippen LogP contribution in [0.1, 0.15) is 139 Å². The number of ether oxygens (including phenoxy) is 5. The zero-order valence-corrected chi connectivity index (χ0v) is 51.8. The Hall–Kier alpha value is -7.07. The number of aryl methyl sites for hydroxylation is 2. The van der Waals surface area contributed by atoms with Crippen LogP contribution in [0.15, 0.2) is 104 Å². The molecule has 0 amide bonds. The number of hydrogen-bond donors (Lipinski definition) is 1. The second-order valence-electron chi connectivity index (χ2n) is 23.8. The average Bonchev–Trinajstić information content (AvgIpc) is 1.66. The number of benzene rings is 2. The molecule has 0 spiro atoms. The van der Waals surface area contributed by atoms with Crippen LogP contribution in [0.5, 0.6) is 5.88 Å². The van der Waals surface area contributed by atoms with Crippen LogP contribution >= 0.6 is 11.6 Å². The predicted molar refractivity (Wildman–Crippen MR) is 336 cm³/mol. The molecule has 2 aliphatic heterocycles. The smallest absolute Gasteiger partial charge is 0.332 e. The van der Waals surface area contributed by atoms with Gasteiger partial charge in [0.05, 0.1) is 30.9 Å². The number of rotatable bonds is 22. The van der Waals surface area contributed by atoms with Crippen molar-refractivity contribution in [3.8, 4) is 28.7 Å². The summed E-state index contributed by atoms with van der Waals surface area (Å²) in [5.74, 6) is 2.78. The van der Waals surface area contributed by atoms with E-state index in [2.05, 4.69) is 4.98 Å². The van der Waals surface area contributed by atoms with E-state index in [0.717, 1.165) is 73.9 Å². The molecule has 4 fully saturated rings. The summed E-state index contributed by atoms with van der Waals surface area (Å²) in [4.78, 5) is 74.7. The summed E-state index contributed by atoms with van der Waals surface area (Å²) in [5, 5.41) is 8.50. The summed E-state index contributed by atoms with van der Waals surface area (Å²) >= 11 is 6.58. The number of halogens is 1. The SMILES string of the molecule is Cc1ccc(-c2nc3c(c(=O)n(CCCOC4CCCCO4)c(=O)n3C(C)C)n2Cc2ccccc2)c(Cl)n1.Cc1ccc(-c2nc3c(c(=O)n(CCCOC4CCCCO4)c(=O)n3C(C)C)n2Cc2ccccc2)c(OCC2CC2)n1.OCC1CC1. The third kappa shape index (κ3) is 15.4. The molecule has 8 aromatic rings. The number of hydrogen-bond acceptors (Lipinski definition) is 14. The molecule has 2 saturated heterocycles. The number of fused-ring (bicyclic) bond motifs is 2. The molecular weight excluding hydrogens is 1130 g/mol. The Labute approximate surface area is 511 Å². The van der Waals surface area contributed by atoms with E-state index in [1.807, 2.05) is 136 Å². The monoisotopic (exact) mass is 1210 g/mol. The lowest BCUT2D eigenvalue weighted by Crippen LogP contribution is -2.41. The Morgan fingerprint density at radius 1 is 0.563 bits per heavy atom. The molecule has 8 heterocycles. The van der Waals surface area contributed by atoms with Crippen LogP contribution < -0.4 is 27.2 Å². The number of aliphatic hydroxyl groups excluding tert-OH is 1. The second kappa shape index (κ2) is 29.3. The highest BCUT2D eigenvalue weighted by atomic mass is 35.5. The fourth-order valence-corrected chi connectivity index (χ4v) is 11.2. The van der Waals surface area contributed by atoms with Gasteiger partial charge in [0.1, 0.15) is 16.8 Å². The van der Waals surface area contributed by atoms with Crippen molar-refractivity contribution in [3.63, 3.8) is 0 Å². The van der Waals surface area contributed by atoms with E-state index in [1.54, 1.807) is 9.13 Å². The maximum absolute atomic E-state index is 14.2. The van der Waals surface area contributed by atoms with Gasteiger partial charge in [-0.25, -0.2) is 29.5 Å². The Morgan fingerprint density at radius 2 is 1.02 bits per heavy atom. The van der Waals surface area contributed by atoms with Gasteiger partial charge in [-0.2, -0.15) is 0 Å². The average molecular weight is 1210 g/mol. The number of pyridine rings is 2. The molecule has 464 valence electrons. The highest BCUT2D eigenvalue weighted by Crippen LogP contribution is 2.35. The van der Waals surface area contributed by atoms with Gasteiger partial charge < -0.3 is 37.9 Å². The third-order valence-corrected chi connectivity index (χ3v) is 16.3. The maximum atomic E-state index is 14.2. The van der Waals surface area contributed by atoms with E-state index in [1.165, 1.54) is 22.0 Å². The molecule has 12 rings (SSSR count). The predicted octanol–water partition coefficient (Wildman–Crippen LogP) is 10.4. The summed E-state index contributed by atoms with van der Waals surface area (Å²) in [6, 6.07) is 26.9. The minimum Gasteiger partial charge on any atom is -0.477 e. The fourth-order valence-electron chi connectivity index (χ4n) is 10.9. The minimum atomic E-state index is -0.388. The van der Waals surface area contributed by atoms with Crippen molar-refractivity contribution >= 4 is 33.9 Å². The van der Waals surface area contributed by atoms with Gasteiger partial charge in [-0.1, -0.05) is 72.3 Å². The van der Waals surface area contributed by atoms with Gasteiger partial charge in [-0.15, -0.1) is 0 Å².